The second-order valence-electron chi connectivity index (χ2n) is 6.74. The quantitative estimate of drug-likeness (QED) is 0.738. The highest BCUT2D eigenvalue weighted by atomic mass is 16.6. The Morgan fingerprint density at radius 1 is 0.955 bits per heavy atom. The maximum Gasteiger partial charge on any atom is 0.410 e. The van der Waals surface area contributed by atoms with Crippen molar-refractivity contribution in [2.45, 2.75) is 26.4 Å². The largest absolute Gasteiger partial charge is 0.444 e. The fourth-order valence-corrected chi connectivity index (χ4v) is 2.52. The van der Waals surface area contributed by atoms with Gasteiger partial charge in [-0.2, -0.15) is 0 Å². The summed E-state index contributed by atoms with van der Waals surface area (Å²) in [6, 6.07) is 0. The number of carbonyl (C=O) groups excluding carboxylic acids is 2. The van der Waals surface area contributed by atoms with Gasteiger partial charge in [0.1, 0.15) is 5.60 Å². The third-order valence-electron chi connectivity index (χ3n) is 3.75. The number of carbonyl (C=O) groups is 2. The van der Waals surface area contributed by atoms with Gasteiger partial charge in [0.25, 0.3) is 0 Å². The summed E-state index contributed by atoms with van der Waals surface area (Å²) in [6.45, 7) is 11.2. The minimum absolute atomic E-state index is 0.130. The molecule has 2 amide bonds. The van der Waals surface area contributed by atoms with Crippen molar-refractivity contribution in [2.75, 3.05) is 59.0 Å². The van der Waals surface area contributed by atoms with Crippen molar-refractivity contribution in [1.82, 2.24) is 14.7 Å². The number of hydrogen-bond donors (Lipinski definition) is 0. The van der Waals surface area contributed by atoms with Crippen molar-refractivity contribution < 1.29 is 19.1 Å². The summed E-state index contributed by atoms with van der Waals surface area (Å²) in [5.41, 5.74) is -0.486. The fraction of sp³-hybridized carbons (Fsp3) is 0.867. The predicted octanol–water partition coefficient (Wildman–Crippen LogP) is 0.398. The molecule has 0 aliphatic carbocycles. The molecule has 7 nitrogen and oxygen atoms in total. The molecular formula is C15H27N3O4. The van der Waals surface area contributed by atoms with Gasteiger partial charge in [0.2, 0.25) is 5.91 Å². The zero-order valence-corrected chi connectivity index (χ0v) is 13.8. The van der Waals surface area contributed by atoms with E-state index in [1.165, 1.54) is 0 Å². The van der Waals surface area contributed by atoms with Crippen LogP contribution in [0.15, 0.2) is 0 Å². The van der Waals surface area contributed by atoms with Gasteiger partial charge in [-0.3, -0.25) is 9.69 Å². The van der Waals surface area contributed by atoms with Crippen molar-refractivity contribution >= 4 is 12.0 Å². The first-order valence-electron chi connectivity index (χ1n) is 7.91. The van der Waals surface area contributed by atoms with Crippen LogP contribution >= 0.6 is 0 Å². The Balaban J connectivity index is 1.74. The van der Waals surface area contributed by atoms with E-state index >= 15 is 0 Å². The third kappa shape index (κ3) is 5.14. The van der Waals surface area contributed by atoms with Crippen LogP contribution in [-0.2, 0) is 14.3 Å². The summed E-state index contributed by atoms with van der Waals surface area (Å²) >= 11 is 0. The van der Waals surface area contributed by atoms with Gasteiger partial charge in [0.15, 0.2) is 0 Å². The summed E-state index contributed by atoms with van der Waals surface area (Å²) in [4.78, 5) is 29.9. The molecule has 0 aromatic heterocycles. The van der Waals surface area contributed by atoms with Gasteiger partial charge in [0, 0.05) is 39.3 Å². The van der Waals surface area contributed by atoms with Gasteiger partial charge in [-0.1, -0.05) is 0 Å². The summed E-state index contributed by atoms with van der Waals surface area (Å²) in [5.74, 6) is 0.130. The van der Waals surface area contributed by atoms with Gasteiger partial charge >= 0.3 is 6.09 Å². The van der Waals surface area contributed by atoms with Gasteiger partial charge in [-0.15, -0.1) is 0 Å². The number of rotatable bonds is 2. The molecule has 2 aliphatic rings. The smallest absolute Gasteiger partial charge is 0.410 e. The molecule has 2 fully saturated rings. The lowest BCUT2D eigenvalue weighted by atomic mass is 10.2. The van der Waals surface area contributed by atoms with Gasteiger partial charge in [0.05, 0.1) is 19.8 Å². The predicted molar refractivity (Wildman–Crippen MR) is 81.6 cm³/mol. The van der Waals surface area contributed by atoms with Crippen LogP contribution in [0.5, 0.6) is 0 Å². The Hall–Kier alpha value is -1.34. The highest BCUT2D eigenvalue weighted by Gasteiger charge is 2.28. The minimum atomic E-state index is -0.486. The maximum atomic E-state index is 12.3. The van der Waals surface area contributed by atoms with Crippen molar-refractivity contribution in [2.24, 2.45) is 0 Å². The SMILES string of the molecule is CC(C)(C)OC(=O)N1CCN(C(=O)CN2CCOCC2)CC1. The van der Waals surface area contributed by atoms with Crippen LogP contribution in [0.2, 0.25) is 0 Å². The topological polar surface area (TPSA) is 62.3 Å². The van der Waals surface area contributed by atoms with Crippen LogP contribution in [0, 0.1) is 0 Å². The average Bonchev–Trinajstić information content (AvgIpc) is 2.46. The standard InChI is InChI=1S/C15H27N3O4/c1-15(2,3)22-14(20)18-6-4-17(5-7-18)13(19)12-16-8-10-21-11-9-16/h4-12H2,1-3H3. The van der Waals surface area contributed by atoms with Crippen molar-refractivity contribution in [3.63, 3.8) is 0 Å². The van der Waals surface area contributed by atoms with E-state index in [2.05, 4.69) is 4.90 Å². The Labute approximate surface area is 132 Å². The van der Waals surface area contributed by atoms with Crippen molar-refractivity contribution in [3.8, 4) is 0 Å². The van der Waals surface area contributed by atoms with Gasteiger partial charge < -0.3 is 19.3 Å². The average molecular weight is 313 g/mol. The number of morpholine rings is 1. The number of amides is 2. The molecule has 0 N–H and O–H groups in total. The summed E-state index contributed by atoms with van der Waals surface area (Å²) in [6.07, 6.45) is -0.298. The van der Waals surface area contributed by atoms with E-state index in [4.69, 9.17) is 9.47 Å². The highest BCUT2D eigenvalue weighted by molar-refractivity contribution is 5.78. The van der Waals surface area contributed by atoms with Gasteiger partial charge in [-0.05, 0) is 20.8 Å². The minimum Gasteiger partial charge on any atom is -0.444 e. The van der Waals surface area contributed by atoms with Crippen molar-refractivity contribution in [1.29, 1.82) is 0 Å². The second kappa shape index (κ2) is 7.28. The van der Waals surface area contributed by atoms with Crippen LogP contribution < -0.4 is 0 Å². The zero-order valence-electron chi connectivity index (χ0n) is 13.8. The summed E-state index contributed by atoms with van der Waals surface area (Å²) in [5, 5.41) is 0. The van der Waals surface area contributed by atoms with E-state index in [9.17, 15) is 9.59 Å². The van der Waals surface area contributed by atoms with E-state index in [1.54, 1.807) is 4.90 Å². The molecule has 126 valence electrons. The van der Waals surface area contributed by atoms with E-state index in [0.717, 1.165) is 13.1 Å². The summed E-state index contributed by atoms with van der Waals surface area (Å²) < 4.78 is 10.6. The lowest BCUT2D eigenvalue weighted by Crippen LogP contribution is -2.54. The highest BCUT2D eigenvalue weighted by Crippen LogP contribution is 2.12. The van der Waals surface area contributed by atoms with Crippen LogP contribution in [0.1, 0.15) is 20.8 Å². The third-order valence-corrected chi connectivity index (χ3v) is 3.75. The normalized spacial score (nSPS) is 20.9. The van der Waals surface area contributed by atoms with Crippen molar-refractivity contribution in [3.05, 3.63) is 0 Å². The Morgan fingerprint density at radius 3 is 2.05 bits per heavy atom. The number of nitrogens with zero attached hydrogens (tertiary/aromatic N) is 3. The molecule has 2 aliphatic heterocycles. The maximum absolute atomic E-state index is 12.3. The van der Waals surface area contributed by atoms with E-state index < -0.39 is 5.60 Å². The molecule has 0 aromatic carbocycles. The molecule has 7 heteroatoms. The Bertz CT molecular complexity index is 394. The number of piperazine rings is 1. The van der Waals surface area contributed by atoms with Gasteiger partial charge in [-0.25, -0.2) is 4.79 Å². The molecule has 2 heterocycles. The number of hydrogen-bond acceptors (Lipinski definition) is 5. The van der Waals surface area contributed by atoms with E-state index in [-0.39, 0.29) is 12.0 Å². The monoisotopic (exact) mass is 313 g/mol. The number of ether oxygens (including phenoxy) is 2. The first-order chi connectivity index (χ1) is 10.3. The molecule has 0 saturated carbocycles. The molecule has 22 heavy (non-hydrogen) atoms. The van der Waals surface area contributed by atoms with Crippen LogP contribution in [0.4, 0.5) is 4.79 Å². The van der Waals surface area contributed by atoms with E-state index in [1.807, 2.05) is 25.7 Å². The Morgan fingerprint density at radius 2 is 1.50 bits per heavy atom. The molecule has 0 aromatic rings. The lowest BCUT2D eigenvalue weighted by Gasteiger charge is -2.36. The molecule has 0 spiro atoms. The molecule has 0 unspecified atom stereocenters. The molecule has 0 atom stereocenters. The Kier molecular flexibility index (Phi) is 5.63. The molecule has 0 radical (unpaired) electrons. The van der Waals surface area contributed by atoms with Crippen LogP contribution in [-0.4, -0.2) is 91.3 Å². The fourth-order valence-electron chi connectivity index (χ4n) is 2.52. The molecular weight excluding hydrogens is 286 g/mol. The zero-order chi connectivity index (χ0) is 16.2. The van der Waals surface area contributed by atoms with E-state index in [0.29, 0.717) is 45.9 Å². The first-order valence-corrected chi connectivity index (χ1v) is 7.91. The van der Waals surface area contributed by atoms with Crippen LogP contribution in [0.25, 0.3) is 0 Å². The second-order valence-corrected chi connectivity index (χ2v) is 6.74. The van der Waals surface area contributed by atoms with Crippen LogP contribution in [0.3, 0.4) is 0 Å². The molecule has 2 rings (SSSR count). The molecule has 2 saturated heterocycles. The first kappa shape index (κ1) is 17.0. The molecule has 0 bridgehead atoms. The summed E-state index contributed by atoms with van der Waals surface area (Å²) in [7, 11) is 0. The lowest BCUT2D eigenvalue weighted by molar-refractivity contribution is -0.135.